The quantitative estimate of drug-likeness (QED) is 0.852. The monoisotopic (exact) mass is 274 g/mol. The number of benzene rings is 1. The summed E-state index contributed by atoms with van der Waals surface area (Å²) in [5.41, 5.74) is 1.02. The minimum Gasteiger partial charge on any atom is -0.333 e. The molecule has 1 amide bonds. The molecule has 0 bridgehead atoms. The van der Waals surface area contributed by atoms with E-state index in [9.17, 15) is 4.79 Å². The Morgan fingerprint density at radius 3 is 2.82 bits per heavy atom. The number of hydrogen-bond acceptors (Lipinski definition) is 2. The van der Waals surface area contributed by atoms with Crippen LogP contribution >= 0.6 is 24.0 Å². The van der Waals surface area contributed by atoms with E-state index in [0.717, 1.165) is 30.2 Å². The van der Waals surface area contributed by atoms with Crippen molar-refractivity contribution in [3.05, 3.63) is 34.9 Å². The van der Waals surface area contributed by atoms with Crippen molar-refractivity contribution in [2.45, 2.75) is 13.0 Å². The van der Waals surface area contributed by atoms with E-state index in [4.69, 9.17) is 11.6 Å². The van der Waals surface area contributed by atoms with Gasteiger partial charge < -0.3 is 10.2 Å². The molecule has 1 heterocycles. The number of carbonyl (C=O) groups is 1. The second-order valence-electron chi connectivity index (χ2n) is 3.95. The lowest BCUT2D eigenvalue weighted by Crippen LogP contribution is -2.48. The van der Waals surface area contributed by atoms with Gasteiger partial charge in [0.25, 0.3) is 0 Å². The summed E-state index contributed by atoms with van der Waals surface area (Å²) in [7, 11) is 0. The minimum atomic E-state index is 0. The van der Waals surface area contributed by atoms with Crippen molar-refractivity contribution in [1.82, 2.24) is 10.2 Å². The summed E-state index contributed by atoms with van der Waals surface area (Å²) in [6, 6.07) is 7.76. The van der Waals surface area contributed by atoms with E-state index < -0.39 is 0 Å². The highest BCUT2D eigenvalue weighted by molar-refractivity contribution is 6.31. The molecule has 0 aromatic heterocycles. The molecule has 1 saturated heterocycles. The van der Waals surface area contributed by atoms with Crippen LogP contribution in [-0.4, -0.2) is 30.4 Å². The molecule has 0 saturated carbocycles. The predicted molar refractivity (Wildman–Crippen MR) is 71.7 cm³/mol. The van der Waals surface area contributed by atoms with Gasteiger partial charge in [-0.1, -0.05) is 29.8 Å². The Balaban J connectivity index is 0.00000144. The first-order chi connectivity index (χ1) is 7.70. The van der Waals surface area contributed by atoms with Crippen molar-refractivity contribution in [3.63, 3.8) is 0 Å². The molecule has 0 radical (unpaired) electrons. The first-order valence-electron chi connectivity index (χ1n) is 5.42. The van der Waals surface area contributed by atoms with Crippen LogP contribution < -0.4 is 5.32 Å². The first-order valence-corrected chi connectivity index (χ1v) is 5.80. The third-order valence-corrected chi connectivity index (χ3v) is 3.26. The van der Waals surface area contributed by atoms with Crippen LogP contribution in [-0.2, 0) is 4.79 Å². The van der Waals surface area contributed by atoms with E-state index in [2.05, 4.69) is 5.32 Å². The Hall–Kier alpha value is -0.770. The smallest absolute Gasteiger partial charge is 0.220 e. The van der Waals surface area contributed by atoms with Crippen LogP contribution in [0.1, 0.15) is 18.5 Å². The van der Waals surface area contributed by atoms with Crippen LogP contribution in [0.5, 0.6) is 0 Å². The normalized spacial score (nSPS) is 19.6. The van der Waals surface area contributed by atoms with Crippen LogP contribution in [0.15, 0.2) is 24.3 Å². The average Bonchev–Trinajstić information content (AvgIpc) is 2.29. The number of rotatable bonds is 1. The predicted octanol–water partition coefficient (Wildman–Crippen LogP) is 2.25. The Kier molecular flexibility index (Phi) is 5.25. The summed E-state index contributed by atoms with van der Waals surface area (Å²) in [6.45, 7) is 3.96. The lowest BCUT2D eigenvalue weighted by Gasteiger charge is -2.36. The Bertz CT molecular complexity index is 398. The molecule has 0 spiro atoms. The molecule has 3 nitrogen and oxygen atoms in total. The Labute approximate surface area is 113 Å². The molecule has 5 heteroatoms. The van der Waals surface area contributed by atoms with Crippen LogP contribution in [0.4, 0.5) is 0 Å². The SMILES string of the molecule is CC(=O)N1CCNCC1c1ccccc1Cl.Cl. The third-order valence-electron chi connectivity index (χ3n) is 2.91. The number of carbonyl (C=O) groups excluding carboxylic acids is 1. The largest absolute Gasteiger partial charge is 0.333 e. The number of halogens is 2. The number of hydrogen-bond donors (Lipinski definition) is 1. The standard InChI is InChI=1S/C12H15ClN2O.ClH/c1-9(16)15-7-6-14-8-12(15)10-4-2-3-5-11(10)13;/h2-5,12,14H,6-8H2,1H3;1H. The lowest BCUT2D eigenvalue weighted by atomic mass is 10.0. The van der Waals surface area contributed by atoms with Gasteiger partial charge in [-0.25, -0.2) is 0 Å². The second-order valence-corrected chi connectivity index (χ2v) is 4.36. The van der Waals surface area contributed by atoms with Crippen molar-refractivity contribution in [2.24, 2.45) is 0 Å². The van der Waals surface area contributed by atoms with E-state index in [1.807, 2.05) is 29.2 Å². The van der Waals surface area contributed by atoms with Gasteiger partial charge in [-0.2, -0.15) is 0 Å². The molecule has 1 fully saturated rings. The van der Waals surface area contributed by atoms with E-state index >= 15 is 0 Å². The minimum absolute atomic E-state index is 0. The third kappa shape index (κ3) is 3.12. The average molecular weight is 275 g/mol. The molecule has 1 N–H and O–H groups in total. The van der Waals surface area contributed by atoms with Gasteiger partial charge in [0.15, 0.2) is 0 Å². The maximum absolute atomic E-state index is 11.5. The van der Waals surface area contributed by atoms with Crippen LogP contribution in [0, 0.1) is 0 Å². The fourth-order valence-electron chi connectivity index (χ4n) is 2.10. The molecular weight excluding hydrogens is 259 g/mol. The molecule has 94 valence electrons. The number of nitrogens with zero attached hydrogens (tertiary/aromatic N) is 1. The van der Waals surface area contributed by atoms with Crippen molar-refractivity contribution < 1.29 is 4.79 Å². The van der Waals surface area contributed by atoms with Gasteiger partial charge in [-0.3, -0.25) is 4.79 Å². The summed E-state index contributed by atoms with van der Waals surface area (Å²) < 4.78 is 0. The van der Waals surface area contributed by atoms with Gasteiger partial charge in [-0.15, -0.1) is 12.4 Å². The van der Waals surface area contributed by atoms with Gasteiger partial charge >= 0.3 is 0 Å². The van der Waals surface area contributed by atoms with Crippen LogP contribution in [0.3, 0.4) is 0 Å². The van der Waals surface area contributed by atoms with Gasteiger partial charge in [-0.05, 0) is 11.6 Å². The maximum atomic E-state index is 11.5. The zero-order valence-electron chi connectivity index (χ0n) is 9.65. The molecule has 2 rings (SSSR count). The fourth-order valence-corrected chi connectivity index (χ4v) is 2.37. The van der Waals surface area contributed by atoms with E-state index in [0.29, 0.717) is 0 Å². The van der Waals surface area contributed by atoms with Crippen molar-refractivity contribution in [3.8, 4) is 0 Å². The van der Waals surface area contributed by atoms with E-state index in [1.54, 1.807) is 6.92 Å². The summed E-state index contributed by atoms with van der Waals surface area (Å²) in [6.07, 6.45) is 0. The zero-order chi connectivity index (χ0) is 11.5. The van der Waals surface area contributed by atoms with Gasteiger partial charge in [0.05, 0.1) is 6.04 Å². The summed E-state index contributed by atoms with van der Waals surface area (Å²) in [4.78, 5) is 13.4. The highest BCUT2D eigenvalue weighted by Gasteiger charge is 2.26. The molecule has 1 aromatic carbocycles. The fraction of sp³-hybridized carbons (Fsp3) is 0.417. The van der Waals surface area contributed by atoms with E-state index in [1.165, 1.54) is 0 Å². The van der Waals surface area contributed by atoms with Crippen molar-refractivity contribution in [2.75, 3.05) is 19.6 Å². The molecular formula is C12H16Cl2N2O. The van der Waals surface area contributed by atoms with Crippen LogP contribution in [0.25, 0.3) is 0 Å². The maximum Gasteiger partial charge on any atom is 0.220 e. The molecule has 1 aliphatic heterocycles. The van der Waals surface area contributed by atoms with Crippen LogP contribution in [0.2, 0.25) is 5.02 Å². The first kappa shape index (κ1) is 14.3. The number of piperazine rings is 1. The highest BCUT2D eigenvalue weighted by Crippen LogP contribution is 2.28. The second kappa shape index (κ2) is 6.24. The summed E-state index contributed by atoms with van der Waals surface area (Å²) >= 11 is 6.16. The number of amides is 1. The van der Waals surface area contributed by atoms with Gasteiger partial charge in [0.1, 0.15) is 0 Å². The Morgan fingerprint density at radius 2 is 2.18 bits per heavy atom. The van der Waals surface area contributed by atoms with Crippen molar-refractivity contribution >= 4 is 29.9 Å². The van der Waals surface area contributed by atoms with Crippen molar-refractivity contribution in [1.29, 1.82) is 0 Å². The molecule has 1 aliphatic rings. The molecule has 1 unspecified atom stereocenters. The van der Waals surface area contributed by atoms with Gasteiger partial charge in [0, 0.05) is 31.6 Å². The molecule has 0 aliphatic carbocycles. The van der Waals surface area contributed by atoms with Gasteiger partial charge in [0.2, 0.25) is 5.91 Å². The van der Waals surface area contributed by atoms with E-state index in [-0.39, 0.29) is 24.4 Å². The molecule has 17 heavy (non-hydrogen) atoms. The Morgan fingerprint density at radius 1 is 1.47 bits per heavy atom. The highest BCUT2D eigenvalue weighted by atomic mass is 35.5. The number of nitrogens with one attached hydrogen (secondary N) is 1. The summed E-state index contributed by atoms with van der Waals surface area (Å²) in [5.74, 6) is 0.103. The lowest BCUT2D eigenvalue weighted by molar-refractivity contribution is -0.132. The molecule has 1 aromatic rings. The molecule has 1 atom stereocenters. The zero-order valence-corrected chi connectivity index (χ0v) is 11.2. The summed E-state index contributed by atoms with van der Waals surface area (Å²) in [5, 5.41) is 4.02. The topological polar surface area (TPSA) is 32.3 Å².